The van der Waals surface area contributed by atoms with Gasteiger partial charge in [0.2, 0.25) is 0 Å². The van der Waals surface area contributed by atoms with Crippen LogP contribution in [0.3, 0.4) is 0 Å². The van der Waals surface area contributed by atoms with Crippen LogP contribution in [0.2, 0.25) is 0 Å². The van der Waals surface area contributed by atoms with Crippen molar-refractivity contribution in [2.24, 2.45) is 5.73 Å². The van der Waals surface area contributed by atoms with E-state index in [2.05, 4.69) is 13.2 Å². The fraction of sp³-hybridized carbons (Fsp3) is 0.375. The maximum absolute atomic E-state index is 11.0. The van der Waals surface area contributed by atoms with Gasteiger partial charge in [-0.1, -0.05) is 13.2 Å². The number of rotatable bonds is 0. The van der Waals surface area contributed by atoms with E-state index in [0.29, 0.717) is 24.0 Å². The Balaban J connectivity index is 2.76. The molecule has 1 fully saturated rings. The number of Topliss-reactive ketones (excluding diaryl/α,β-unsaturated/α-hetero) is 1. The van der Waals surface area contributed by atoms with Crippen molar-refractivity contribution in [3.63, 3.8) is 0 Å². The first kappa shape index (κ1) is 7.22. The van der Waals surface area contributed by atoms with Crippen LogP contribution in [-0.4, -0.2) is 11.8 Å². The van der Waals surface area contributed by atoms with Gasteiger partial charge in [-0.15, -0.1) is 0 Å². The van der Waals surface area contributed by atoms with Gasteiger partial charge in [-0.05, 0) is 24.0 Å². The van der Waals surface area contributed by atoms with Crippen molar-refractivity contribution < 1.29 is 4.79 Å². The van der Waals surface area contributed by atoms with E-state index in [4.69, 9.17) is 5.73 Å². The Morgan fingerprint density at radius 2 is 1.70 bits per heavy atom. The van der Waals surface area contributed by atoms with Gasteiger partial charge in [0.05, 0.1) is 0 Å². The van der Waals surface area contributed by atoms with Gasteiger partial charge in [-0.2, -0.15) is 0 Å². The summed E-state index contributed by atoms with van der Waals surface area (Å²) in [6.07, 6.45) is 1.25. The molecule has 0 aromatic heterocycles. The quantitative estimate of drug-likeness (QED) is 0.501. The van der Waals surface area contributed by atoms with Crippen LogP contribution in [0.25, 0.3) is 0 Å². The molecule has 0 spiro atoms. The Bertz CT molecular complexity index is 185. The summed E-state index contributed by atoms with van der Waals surface area (Å²) in [5, 5.41) is 0. The molecule has 0 radical (unpaired) electrons. The summed E-state index contributed by atoms with van der Waals surface area (Å²) < 4.78 is 0. The summed E-state index contributed by atoms with van der Waals surface area (Å²) in [4.78, 5) is 11.0. The van der Waals surface area contributed by atoms with Crippen LogP contribution in [0.15, 0.2) is 24.3 Å². The van der Waals surface area contributed by atoms with E-state index in [1.165, 1.54) is 0 Å². The Morgan fingerprint density at radius 1 is 1.30 bits per heavy atom. The zero-order chi connectivity index (χ0) is 7.72. The summed E-state index contributed by atoms with van der Waals surface area (Å²) in [6, 6.07) is 0.0534. The molecule has 1 saturated carbocycles. The summed E-state index contributed by atoms with van der Waals surface area (Å²) in [5.41, 5.74) is 6.81. The molecule has 10 heavy (non-hydrogen) atoms. The van der Waals surface area contributed by atoms with E-state index in [9.17, 15) is 4.79 Å². The molecule has 0 unspecified atom stereocenters. The van der Waals surface area contributed by atoms with Crippen molar-refractivity contribution in [3.05, 3.63) is 24.3 Å². The van der Waals surface area contributed by atoms with Crippen molar-refractivity contribution in [1.29, 1.82) is 0 Å². The highest BCUT2D eigenvalue weighted by molar-refractivity contribution is 6.08. The van der Waals surface area contributed by atoms with Crippen LogP contribution < -0.4 is 5.73 Å². The summed E-state index contributed by atoms with van der Waals surface area (Å²) in [5.74, 6) is 0.00157. The number of hydrogen-bond donors (Lipinski definition) is 1. The fourth-order valence-corrected chi connectivity index (χ4v) is 1.14. The van der Waals surface area contributed by atoms with E-state index in [1.54, 1.807) is 0 Å². The minimum Gasteiger partial charge on any atom is -0.327 e. The van der Waals surface area contributed by atoms with Gasteiger partial charge in [0.1, 0.15) is 0 Å². The minimum atomic E-state index is 0.00157. The summed E-state index contributed by atoms with van der Waals surface area (Å²) in [7, 11) is 0. The Kier molecular flexibility index (Phi) is 1.72. The van der Waals surface area contributed by atoms with E-state index < -0.39 is 0 Å². The summed E-state index contributed by atoms with van der Waals surface area (Å²) >= 11 is 0. The fourth-order valence-electron chi connectivity index (χ4n) is 1.14. The average molecular weight is 137 g/mol. The lowest BCUT2D eigenvalue weighted by Gasteiger charge is -2.19. The monoisotopic (exact) mass is 137 g/mol. The van der Waals surface area contributed by atoms with E-state index in [0.717, 1.165) is 0 Å². The van der Waals surface area contributed by atoms with Crippen molar-refractivity contribution in [3.8, 4) is 0 Å². The Labute approximate surface area is 60.4 Å². The van der Waals surface area contributed by atoms with Gasteiger partial charge in [-0.25, -0.2) is 0 Å². The molecule has 2 N–H and O–H groups in total. The Morgan fingerprint density at radius 3 is 2.10 bits per heavy atom. The smallest absolute Gasteiger partial charge is 0.183 e. The molecule has 0 aromatic rings. The zero-order valence-electron chi connectivity index (χ0n) is 5.89. The first-order valence-corrected chi connectivity index (χ1v) is 3.27. The van der Waals surface area contributed by atoms with Crippen molar-refractivity contribution >= 4 is 5.78 Å². The van der Waals surface area contributed by atoms with Crippen molar-refractivity contribution in [1.82, 2.24) is 0 Å². The van der Waals surface area contributed by atoms with Gasteiger partial charge in [0.15, 0.2) is 5.78 Å². The first-order chi connectivity index (χ1) is 4.61. The maximum atomic E-state index is 11.0. The molecule has 2 heteroatoms. The average Bonchev–Trinajstić information content (AvgIpc) is 1.82. The molecule has 0 amide bonds. The van der Waals surface area contributed by atoms with Gasteiger partial charge in [0.25, 0.3) is 0 Å². The van der Waals surface area contributed by atoms with Gasteiger partial charge >= 0.3 is 0 Å². The SMILES string of the molecule is C=C1CC(N)CC(=C)C1=O. The molecule has 0 heterocycles. The molecular formula is C8H11NO. The normalized spacial score (nSPS) is 21.9. The lowest BCUT2D eigenvalue weighted by Crippen LogP contribution is -2.29. The highest BCUT2D eigenvalue weighted by atomic mass is 16.1. The Hall–Kier alpha value is -0.890. The second-order valence-corrected chi connectivity index (χ2v) is 2.70. The van der Waals surface area contributed by atoms with Crippen molar-refractivity contribution in [2.75, 3.05) is 0 Å². The predicted octanol–water partition coefficient (Wildman–Crippen LogP) is 0.789. The van der Waals surface area contributed by atoms with E-state index >= 15 is 0 Å². The number of ketones is 1. The number of carbonyl (C=O) groups excluding carboxylic acids is 1. The van der Waals surface area contributed by atoms with Gasteiger partial charge in [-0.3, -0.25) is 4.79 Å². The lowest BCUT2D eigenvalue weighted by atomic mass is 9.88. The molecule has 0 aromatic carbocycles. The first-order valence-electron chi connectivity index (χ1n) is 3.27. The van der Waals surface area contributed by atoms with E-state index in [-0.39, 0.29) is 11.8 Å². The number of carbonyl (C=O) groups is 1. The molecule has 0 saturated heterocycles. The number of nitrogens with two attached hydrogens (primary N) is 1. The largest absolute Gasteiger partial charge is 0.327 e. The van der Waals surface area contributed by atoms with Crippen LogP contribution in [0.1, 0.15) is 12.8 Å². The third kappa shape index (κ3) is 1.16. The van der Waals surface area contributed by atoms with Crippen LogP contribution in [0.4, 0.5) is 0 Å². The molecule has 54 valence electrons. The standard InChI is InChI=1S/C8H11NO/c1-5-3-7(9)4-6(2)8(5)10/h7H,1-4,9H2. The highest BCUT2D eigenvalue weighted by Gasteiger charge is 2.21. The van der Waals surface area contributed by atoms with E-state index in [1.807, 2.05) is 0 Å². The lowest BCUT2D eigenvalue weighted by molar-refractivity contribution is -0.113. The molecule has 0 bridgehead atoms. The second kappa shape index (κ2) is 2.39. The second-order valence-electron chi connectivity index (χ2n) is 2.70. The predicted molar refractivity (Wildman–Crippen MR) is 40.5 cm³/mol. The number of hydrogen-bond acceptors (Lipinski definition) is 2. The van der Waals surface area contributed by atoms with Crippen LogP contribution in [-0.2, 0) is 4.79 Å². The summed E-state index contributed by atoms with van der Waals surface area (Å²) in [6.45, 7) is 7.21. The zero-order valence-corrected chi connectivity index (χ0v) is 5.89. The van der Waals surface area contributed by atoms with Gasteiger partial charge < -0.3 is 5.73 Å². The molecule has 2 nitrogen and oxygen atoms in total. The van der Waals surface area contributed by atoms with Crippen molar-refractivity contribution in [2.45, 2.75) is 18.9 Å². The van der Waals surface area contributed by atoms with Crippen LogP contribution in [0.5, 0.6) is 0 Å². The third-order valence-electron chi connectivity index (χ3n) is 1.66. The minimum absolute atomic E-state index is 0.00157. The molecule has 1 aliphatic rings. The maximum Gasteiger partial charge on any atom is 0.183 e. The molecular weight excluding hydrogens is 126 g/mol. The van der Waals surface area contributed by atoms with Crippen LogP contribution >= 0.6 is 0 Å². The van der Waals surface area contributed by atoms with Gasteiger partial charge in [0, 0.05) is 6.04 Å². The topological polar surface area (TPSA) is 43.1 Å². The highest BCUT2D eigenvalue weighted by Crippen LogP contribution is 2.20. The molecule has 0 atom stereocenters. The van der Waals surface area contributed by atoms with Crippen LogP contribution in [0, 0.1) is 0 Å². The molecule has 1 aliphatic carbocycles. The molecule has 1 rings (SSSR count). The molecule has 0 aliphatic heterocycles. The third-order valence-corrected chi connectivity index (χ3v) is 1.66.